The summed E-state index contributed by atoms with van der Waals surface area (Å²) in [7, 11) is 2.14. The molecule has 0 aromatic rings. The van der Waals surface area contributed by atoms with Gasteiger partial charge in [-0.2, -0.15) is 5.26 Å². The second-order valence-electron chi connectivity index (χ2n) is 5.79. The van der Waals surface area contributed by atoms with Crippen LogP contribution in [0.1, 0.15) is 46.5 Å². The Morgan fingerprint density at radius 3 is 2.67 bits per heavy atom. The van der Waals surface area contributed by atoms with Gasteiger partial charge in [0, 0.05) is 12.6 Å². The molecule has 0 aromatic carbocycles. The van der Waals surface area contributed by atoms with Crippen molar-refractivity contribution in [1.29, 1.82) is 5.26 Å². The molecule has 0 radical (unpaired) electrons. The maximum Gasteiger partial charge on any atom is 0.0672 e. The lowest BCUT2D eigenvalue weighted by Crippen LogP contribution is -2.43. The Morgan fingerprint density at radius 1 is 1.39 bits per heavy atom. The third-order valence-electron chi connectivity index (χ3n) is 4.13. The molecule has 0 N–H and O–H groups in total. The molecule has 0 aromatic heterocycles. The molecule has 1 aliphatic carbocycles. The van der Waals surface area contributed by atoms with Crippen LogP contribution in [0.5, 0.6) is 0 Å². The summed E-state index contributed by atoms with van der Waals surface area (Å²) in [4.78, 5) is 2.33. The predicted octanol–water partition coefficient (Wildman–Crippen LogP) is 3.06. The van der Waals surface area contributed by atoms with Crippen LogP contribution in [0.2, 0.25) is 0 Å². The van der Waals surface area contributed by atoms with Crippen molar-refractivity contribution in [3.8, 4) is 6.07 Å². The molecule has 1 rings (SSSR count). The van der Waals surface area contributed by atoms with E-state index in [0.29, 0.717) is 12.1 Å². The quantitative estimate of drug-likeness (QED) is 0.729. The van der Waals surface area contributed by atoms with E-state index in [1.54, 1.807) is 0 Å². The van der Waals surface area contributed by atoms with Gasteiger partial charge in [-0.3, -0.25) is 4.90 Å². The highest BCUT2D eigenvalue weighted by Gasteiger charge is 2.32. The standard InChI is InChI=1S/C15H28N2O/c1-5-13-6-7-14(11-16)15(10-13)17(4)8-9-18-12(2)3/h12-15H,5-10H2,1-4H3. The van der Waals surface area contributed by atoms with Gasteiger partial charge >= 0.3 is 0 Å². The molecular formula is C15H28N2O. The van der Waals surface area contributed by atoms with Crippen LogP contribution >= 0.6 is 0 Å². The van der Waals surface area contributed by atoms with Gasteiger partial charge < -0.3 is 4.74 Å². The number of nitriles is 1. The van der Waals surface area contributed by atoms with Gasteiger partial charge in [0.1, 0.15) is 0 Å². The van der Waals surface area contributed by atoms with E-state index in [1.165, 1.54) is 19.3 Å². The average Bonchev–Trinajstić information content (AvgIpc) is 2.37. The SMILES string of the molecule is CCC1CCC(C#N)C(N(C)CCOC(C)C)C1. The molecule has 3 nitrogen and oxygen atoms in total. The molecule has 0 saturated heterocycles. The lowest BCUT2D eigenvalue weighted by atomic mass is 9.77. The van der Waals surface area contributed by atoms with Gasteiger partial charge in [0.2, 0.25) is 0 Å². The molecule has 3 atom stereocenters. The van der Waals surface area contributed by atoms with E-state index in [1.807, 2.05) is 0 Å². The van der Waals surface area contributed by atoms with Gasteiger partial charge in [-0.25, -0.2) is 0 Å². The van der Waals surface area contributed by atoms with Crippen LogP contribution in [0.15, 0.2) is 0 Å². The van der Waals surface area contributed by atoms with Crippen LogP contribution in [0.4, 0.5) is 0 Å². The Kier molecular flexibility index (Phi) is 6.67. The first kappa shape index (κ1) is 15.5. The van der Waals surface area contributed by atoms with Crippen molar-refractivity contribution < 1.29 is 4.74 Å². The van der Waals surface area contributed by atoms with Gasteiger partial charge in [0.25, 0.3) is 0 Å². The second-order valence-corrected chi connectivity index (χ2v) is 5.79. The molecule has 0 bridgehead atoms. The Bertz CT molecular complexity index is 272. The number of nitrogens with zero attached hydrogens (tertiary/aromatic N) is 2. The minimum Gasteiger partial charge on any atom is -0.377 e. The largest absolute Gasteiger partial charge is 0.377 e. The normalized spacial score (nSPS) is 28.6. The molecule has 1 saturated carbocycles. The van der Waals surface area contributed by atoms with Crippen LogP contribution in [0.3, 0.4) is 0 Å². The molecule has 3 heteroatoms. The molecule has 1 fully saturated rings. The number of ether oxygens (including phenoxy) is 1. The lowest BCUT2D eigenvalue weighted by Gasteiger charge is -2.38. The van der Waals surface area contributed by atoms with Gasteiger partial charge in [-0.05, 0) is 46.1 Å². The molecule has 104 valence electrons. The molecule has 18 heavy (non-hydrogen) atoms. The van der Waals surface area contributed by atoms with Crippen LogP contribution in [0, 0.1) is 23.2 Å². The minimum absolute atomic E-state index is 0.205. The summed E-state index contributed by atoms with van der Waals surface area (Å²) in [6.07, 6.45) is 4.99. The summed E-state index contributed by atoms with van der Waals surface area (Å²) < 4.78 is 5.60. The lowest BCUT2D eigenvalue weighted by molar-refractivity contribution is 0.0409. The number of hydrogen-bond acceptors (Lipinski definition) is 3. The Hall–Kier alpha value is -0.590. The molecule has 0 amide bonds. The minimum atomic E-state index is 0.205. The molecule has 3 unspecified atom stereocenters. The van der Waals surface area contributed by atoms with Crippen LogP contribution in [0.25, 0.3) is 0 Å². The molecule has 0 spiro atoms. The first-order valence-corrected chi connectivity index (χ1v) is 7.29. The van der Waals surface area contributed by atoms with E-state index in [-0.39, 0.29) is 5.92 Å². The van der Waals surface area contributed by atoms with Crippen molar-refractivity contribution >= 4 is 0 Å². The average molecular weight is 252 g/mol. The first-order chi connectivity index (χ1) is 8.58. The summed E-state index contributed by atoms with van der Waals surface area (Å²) in [6.45, 7) is 8.07. The molecule has 0 heterocycles. The van der Waals surface area contributed by atoms with E-state index in [4.69, 9.17) is 4.74 Å². The van der Waals surface area contributed by atoms with E-state index in [9.17, 15) is 5.26 Å². The van der Waals surface area contributed by atoms with Gasteiger partial charge in [0.15, 0.2) is 0 Å². The van der Waals surface area contributed by atoms with Crippen molar-refractivity contribution in [2.24, 2.45) is 11.8 Å². The topological polar surface area (TPSA) is 36.3 Å². The first-order valence-electron chi connectivity index (χ1n) is 7.29. The smallest absolute Gasteiger partial charge is 0.0672 e. The summed E-state index contributed by atoms with van der Waals surface area (Å²) in [5.74, 6) is 1.00. The van der Waals surface area contributed by atoms with Crippen molar-refractivity contribution in [2.75, 3.05) is 20.2 Å². The number of rotatable bonds is 6. The number of hydrogen-bond donors (Lipinski definition) is 0. The zero-order valence-corrected chi connectivity index (χ0v) is 12.4. The van der Waals surface area contributed by atoms with Crippen LogP contribution in [-0.4, -0.2) is 37.2 Å². The zero-order chi connectivity index (χ0) is 13.5. The van der Waals surface area contributed by atoms with Crippen molar-refractivity contribution in [3.63, 3.8) is 0 Å². The van der Waals surface area contributed by atoms with Gasteiger partial charge in [0.05, 0.1) is 24.7 Å². The van der Waals surface area contributed by atoms with Gasteiger partial charge in [-0.1, -0.05) is 13.3 Å². The fourth-order valence-corrected chi connectivity index (χ4v) is 2.84. The zero-order valence-electron chi connectivity index (χ0n) is 12.4. The summed E-state index contributed by atoms with van der Waals surface area (Å²) in [5, 5.41) is 9.28. The Labute approximate surface area is 112 Å². The van der Waals surface area contributed by atoms with E-state index >= 15 is 0 Å². The van der Waals surface area contributed by atoms with Crippen LogP contribution < -0.4 is 0 Å². The Morgan fingerprint density at radius 2 is 2.11 bits per heavy atom. The fourth-order valence-electron chi connectivity index (χ4n) is 2.84. The molecular weight excluding hydrogens is 224 g/mol. The van der Waals surface area contributed by atoms with Crippen molar-refractivity contribution in [2.45, 2.75) is 58.6 Å². The van der Waals surface area contributed by atoms with Gasteiger partial charge in [-0.15, -0.1) is 0 Å². The summed E-state index contributed by atoms with van der Waals surface area (Å²) in [6, 6.07) is 2.92. The highest BCUT2D eigenvalue weighted by molar-refractivity contribution is 4.96. The molecule has 0 aliphatic heterocycles. The third kappa shape index (κ3) is 4.59. The monoisotopic (exact) mass is 252 g/mol. The van der Waals surface area contributed by atoms with Crippen molar-refractivity contribution in [1.82, 2.24) is 4.90 Å². The van der Waals surface area contributed by atoms with Crippen LogP contribution in [-0.2, 0) is 4.74 Å². The maximum atomic E-state index is 9.28. The maximum absolute atomic E-state index is 9.28. The number of likely N-dealkylation sites (N-methyl/N-ethyl adjacent to an activating group) is 1. The van der Waals surface area contributed by atoms with Crippen molar-refractivity contribution in [3.05, 3.63) is 0 Å². The highest BCUT2D eigenvalue weighted by Crippen LogP contribution is 2.33. The molecule has 1 aliphatic rings. The summed E-state index contributed by atoms with van der Waals surface area (Å²) in [5.41, 5.74) is 0. The fraction of sp³-hybridized carbons (Fsp3) is 0.933. The summed E-state index contributed by atoms with van der Waals surface area (Å²) >= 11 is 0. The Balaban J connectivity index is 2.46. The second kappa shape index (κ2) is 7.76. The predicted molar refractivity (Wildman–Crippen MR) is 74.2 cm³/mol. The van der Waals surface area contributed by atoms with E-state index < -0.39 is 0 Å². The third-order valence-corrected chi connectivity index (χ3v) is 4.13. The van der Waals surface area contributed by atoms with E-state index in [2.05, 4.69) is 38.8 Å². The highest BCUT2D eigenvalue weighted by atomic mass is 16.5. The van der Waals surface area contributed by atoms with E-state index in [0.717, 1.165) is 25.5 Å².